The van der Waals surface area contributed by atoms with Crippen LogP contribution in [0.2, 0.25) is 5.02 Å². The molecule has 0 bridgehead atoms. The molecule has 0 spiro atoms. The van der Waals surface area contributed by atoms with Gasteiger partial charge in [0, 0.05) is 10.6 Å². The molecule has 0 heterocycles. The van der Waals surface area contributed by atoms with Crippen LogP contribution in [0.4, 0.5) is 0 Å². The summed E-state index contributed by atoms with van der Waals surface area (Å²) in [6.07, 6.45) is 0. The van der Waals surface area contributed by atoms with Gasteiger partial charge in [-0.05, 0) is 18.6 Å². The summed E-state index contributed by atoms with van der Waals surface area (Å²) in [4.78, 5) is 10.6. The number of aliphatic carboxylic acids is 1. The van der Waals surface area contributed by atoms with E-state index in [1.165, 1.54) is 0 Å². The van der Waals surface area contributed by atoms with Gasteiger partial charge >= 0.3 is 5.97 Å². The highest BCUT2D eigenvalue weighted by Gasteiger charge is 2.18. The van der Waals surface area contributed by atoms with Gasteiger partial charge in [-0.3, -0.25) is 4.79 Å². The number of carbonyl (C=O) groups is 1. The van der Waals surface area contributed by atoms with E-state index >= 15 is 0 Å². The Morgan fingerprint density at radius 3 is 2.69 bits per heavy atom. The third-order valence-electron chi connectivity index (χ3n) is 1.85. The average molecular weight is 200 g/mol. The third kappa shape index (κ3) is 1.99. The predicted molar refractivity (Wildman–Crippen MR) is 50.8 cm³/mol. The fraction of sp³-hybridized carbons (Fsp3) is 0.222. The first-order valence-corrected chi connectivity index (χ1v) is 4.15. The molecule has 0 aliphatic carbocycles. The number of halogens is 1. The highest BCUT2D eigenvalue weighted by atomic mass is 35.5. The molecule has 0 fully saturated rings. The lowest BCUT2D eigenvalue weighted by atomic mass is 10.0. The van der Waals surface area contributed by atoms with Crippen molar-refractivity contribution in [1.82, 2.24) is 0 Å². The van der Waals surface area contributed by atoms with Crippen LogP contribution < -0.4 is 5.73 Å². The summed E-state index contributed by atoms with van der Waals surface area (Å²) >= 11 is 5.83. The van der Waals surface area contributed by atoms with E-state index < -0.39 is 12.0 Å². The van der Waals surface area contributed by atoms with Gasteiger partial charge in [-0.2, -0.15) is 0 Å². The molecule has 1 aromatic carbocycles. The van der Waals surface area contributed by atoms with Crippen molar-refractivity contribution in [3.05, 3.63) is 34.3 Å². The van der Waals surface area contributed by atoms with E-state index in [2.05, 4.69) is 0 Å². The molecule has 3 nitrogen and oxygen atoms in total. The van der Waals surface area contributed by atoms with Gasteiger partial charge in [0.15, 0.2) is 0 Å². The topological polar surface area (TPSA) is 63.3 Å². The Morgan fingerprint density at radius 2 is 2.23 bits per heavy atom. The molecule has 1 unspecified atom stereocenters. The van der Waals surface area contributed by atoms with Gasteiger partial charge in [-0.1, -0.05) is 23.7 Å². The largest absolute Gasteiger partial charge is 0.480 e. The molecule has 0 saturated carbocycles. The van der Waals surface area contributed by atoms with E-state index in [0.29, 0.717) is 10.6 Å². The molecular formula is C9H10ClNO2. The second kappa shape index (κ2) is 3.77. The first kappa shape index (κ1) is 10.0. The number of carboxylic acids is 1. The smallest absolute Gasteiger partial charge is 0.325 e. The molecule has 0 aliphatic heterocycles. The second-order valence-electron chi connectivity index (χ2n) is 2.79. The normalized spacial score (nSPS) is 12.5. The first-order valence-electron chi connectivity index (χ1n) is 3.77. The van der Waals surface area contributed by atoms with Crippen LogP contribution in [0.1, 0.15) is 17.2 Å². The van der Waals surface area contributed by atoms with Crippen LogP contribution in [-0.2, 0) is 4.79 Å². The Hall–Kier alpha value is -1.06. The van der Waals surface area contributed by atoms with Gasteiger partial charge in [0.1, 0.15) is 6.04 Å². The molecule has 4 heteroatoms. The van der Waals surface area contributed by atoms with Crippen molar-refractivity contribution < 1.29 is 9.90 Å². The van der Waals surface area contributed by atoms with Gasteiger partial charge in [0.25, 0.3) is 0 Å². The Bertz CT molecular complexity index is 318. The molecule has 0 aliphatic rings. The van der Waals surface area contributed by atoms with E-state index in [1.807, 2.05) is 0 Å². The third-order valence-corrected chi connectivity index (χ3v) is 2.18. The Balaban J connectivity index is 3.20. The van der Waals surface area contributed by atoms with Crippen molar-refractivity contribution in [3.63, 3.8) is 0 Å². The second-order valence-corrected chi connectivity index (χ2v) is 3.19. The zero-order valence-corrected chi connectivity index (χ0v) is 7.88. The molecule has 1 rings (SSSR count). The van der Waals surface area contributed by atoms with Gasteiger partial charge < -0.3 is 10.8 Å². The lowest BCUT2D eigenvalue weighted by Gasteiger charge is -2.11. The quantitative estimate of drug-likeness (QED) is 0.763. The van der Waals surface area contributed by atoms with Gasteiger partial charge in [0.2, 0.25) is 0 Å². The minimum absolute atomic E-state index is 0.398. The van der Waals surface area contributed by atoms with Crippen molar-refractivity contribution in [2.45, 2.75) is 13.0 Å². The molecular weight excluding hydrogens is 190 g/mol. The molecule has 3 N–H and O–H groups in total. The van der Waals surface area contributed by atoms with Crippen LogP contribution in [0.5, 0.6) is 0 Å². The van der Waals surface area contributed by atoms with Crippen LogP contribution in [0.3, 0.4) is 0 Å². The summed E-state index contributed by atoms with van der Waals surface area (Å²) < 4.78 is 0. The molecule has 13 heavy (non-hydrogen) atoms. The van der Waals surface area contributed by atoms with Crippen molar-refractivity contribution >= 4 is 17.6 Å². The summed E-state index contributed by atoms with van der Waals surface area (Å²) in [5.74, 6) is -1.07. The zero-order valence-electron chi connectivity index (χ0n) is 7.12. The van der Waals surface area contributed by atoms with Crippen LogP contribution in [0.25, 0.3) is 0 Å². The lowest BCUT2D eigenvalue weighted by molar-refractivity contribution is -0.138. The fourth-order valence-electron chi connectivity index (χ4n) is 1.16. The molecule has 0 amide bonds. The van der Waals surface area contributed by atoms with E-state index in [4.69, 9.17) is 22.4 Å². The summed E-state index contributed by atoms with van der Waals surface area (Å²) in [7, 11) is 0. The molecule has 70 valence electrons. The Kier molecular flexibility index (Phi) is 2.90. The van der Waals surface area contributed by atoms with E-state index in [0.717, 1.165) is 5.56 Å². The Morgan fingerprint density at radius 1 is 1.62 bits per heavy atom. The molecule has 0 aromatic heterocycles. The SMILES string of the molecule is Cc1cccc(Cl)c1C(N)C(=O)O. The number of benzene rings is 1. The minimum Gasteiger partial charge on any atom is -0.480 e. The van der Waals surface area contributed by atoms with Crippen molar-refractivity contribution in [2.75, 3.05) is 0 Å². The highest BCUT2D eigenvalue weighted by Crippen LogP contribution is 2.24. The molecule has 0 saturated heterocycles. The average Bonchev–Trinajstić information content (AvgIpc) is 2.03. The van der Waals surface area contributed by atoms with Crippen LogP contribution in [-0.4, -0.2) is 11.1 Å². The summed E-state index contributed by atoms with van der Waals surface area (Å²) in [6, 6.07) is 4.13. The van der Waals surface area contributed by atoms with Crippen molar-refractivity contribution in [3.8, 4) is 0 Å². The number of aryl methyl sites for hydroxylation is 1. The predicted octanol–water partition coefficient (Wildman–Crippen LogP) is 1.73. The summed E-state index contributed by atoms with van der Waals surface area (Å²) in [6.45, 7) is 1.78. The summed E-state index contributed by atoms with van der Waals surface area (Å²) in [5, 5.41) is 9.10. The van der Waals surface area contributed by atoms with E-state index in [9.17, 15) is 4.79 Å². The number of rotatable bonds is 2. The first-order chi connectivity index (χ1) is 6.04. The van der Waals surface area contributed by atoms with Crippen LogP contribution >= 0.6 is 11.6 Å². The number of hydrogen-bond acceptors (Lipinski definition) is 2. The number of nitrogens with two attached hydrogens (primary N) is 1. The van der Waals surface area contributed by atoms with Gasteiger partial charge in [-0.25, -0.2) is 0 Å². The maximum absolute atomic E-state index is 10.6. The molecule has 1 atom stereocenters. The van der Waals surface area contributed by atoms with Crippen LogP contribution in [0.15, 0.2) is 18.2 Å². The van der Waals surface area contributed by atoms with Crippen molar-refractivity contribution in [2.24, 2.45) is 5.73 Å². The van der Waals surface area contributed by atoms with Gasteiger partial charge in [0.05, 0.1) is 0 Å². The van der Waals surface area contributed by atoms with E-state index in [1.54, 1.807) is 25.1 Å². The standard InChI is InChI=1S/C9H10ClNO2/c1-5-3-2-4-6(10)7(5)8(11)9(12)13/h2-4,8H,11H2,1H3,(H,12,13). The maximum Gasteiger partial charge on any atom is 0.325 e. The maximum atomic E-state index is 10.6. The van der Waals surface area contributed by atoms with Crippen molar-refractivity contribution in [1.29, 1.82) is 0 Å². The molecule has 1 aromatic rings. The number of hydrogen-bond donors (Lipinski definition) is 2. The lowest BCUT2D eigenvalue weighted by Crippen LogP contribution is -2.21. The number of carboxylic acid groups (broad SMARTS) is 1. The van der Waals surface area contributed by atoms with E-state index in [-0.39, 0.29) is 0 Å². The van der Waals surface area contributed by atoms with Crippen LogP contribution in [0, 0.1) is 6.92 Å². The zero-order chi connectivity index (χ0) is 10.0. The van der Waals surface area contributed by atoms with Gasteiger partial charge in [-0.15, -0.1) is 0 Å². The minimum atomic E-state index is -1.07. The summed E-state index contributed by atoms with van der Waals surface area (Å²) in [5.41, 5.74) is 6.73. The molecule has 0 radical (unpaired) electrons. The monoisotopic (exact) mass is 199 g/mol. The fourth-order valence-corrected chi connectivity index (χ4v) is 1.50. The highest BCUT2D eigenvalue weighted by molar-refractivity contribution is 6.31. The Labute approximate surface area is 81.1 Å².